The Hall–Kier alpha value is -5.20. The molecule has 1 N–H and O–H groups in total. The number of aromatic amines is 1. The van der Waals surface area contributed by atoms with Gasteiger partial charge in [-0.15, -0.1) is 0 Å². The maximum absolute atomic E-state index is 13.7. The molecule has 0 bridgehead atoms. The van der Waals surface area contributed by atoms with Crippen LogP contribution in [0.15, 0.2) is 64.3 Å². The van der Waals surface area contributed by atoms with Crippen molar-refractivity contribution in [1.29, 1.82) is 0 Å². The highest BCUT2D eigenvalue weighted by atomic mass is 16.6. The summed E-state index contributed by atoms with van der Waals surface area (Å²) in [6, 6.07) is 15.6. The molecule has 0 saturated carbocycles. The summed E-state index contributed by atoms with van der Waals surface area (Å²) in [6.07, 6.45) is 0.425. The first-order valence-corrected chi connectivity index (χ1v) is 15.3. The van der Waals surface area contributed by atoms with Gasteiger partial charge in [0.05, 0.1) is 6.61 Å². The number of aryl methyl sites for hydroxylation is 1. The van der Waals surface area contributed by atoms with Gasteiger partial charge in [-0.1, -0.05) is 48.5 Å². The Morgan fingerprint density at radius 2 is 1.45 bits per heavy atom. The molecule has 1 aromatic heterocycles. The van der Waals surface area contributed by atoms with Gasteiger partial charge in [0.1, 0.15) is 31.8 Å². The molecule has 0 aliphatic heterocycles. The first kappa shape index (κ1) is 34.7. The van der Waals surface area contributed by atoms with Gasteiger partial charge in [0.25, 0.3) is 5.56 Å². The molecule has 2 aromatic carbocycles. The van der Waals surface area contributed by atoms with E-state index >= 15 is 0 Å². The van der Waals surface area contributed by atoms with Crippen molar-refractivity contribution in [3.05, 3.63) is 92.3 Å². The largest absolute Gasteiger partial charge is 0.465 e. The van der Waals surface area contributed by atoms with Crippen LogP contribution in [0.1, 0.15) is 50.3 Å². The average molecular weight is 649 g/mol. The summed E-state index contributed by atoms with van der Waals surface area (Å²) < 4.78 is 17.4. The van der Waals surface area contributed by atoms with Crippen LogP contribution in [0.25, 0.3) is 11.1 Å². The number of amides is 2. The third kappa shape index (κ3) is 8.96. The number of aromatic nitrogens is 2. The maximum atomic E-state index is 13.7. The molecular weight excluding hydrogens is 608 g/mol. The smallest absolute Gasteiger partial charge is 0.410 e. The highest BCUT2D eigenvalue weighted by Crippen LogP contribution is 2.44. The van der Waals surface area contributed by atoms with Gasteiger partial charge in [-0.05, 0) is 56.9 Å². The standard InChI is InChI=1S/C34H40N4O9/c1-6-45-29(40)19-36(15-16-37-17-22(2)31(42)35-32(37)43)28(39)18-38(20-30(41)47-34(3,4)5)33(44)46-21-27-25-13-9-7-11-23(25)24-12-8-10-14-26(24)27/h7-14,17,27H,6,15-16,18-21H2,1-5H3,(H,35,42,43). The van der Waals surface area contributed by atoms with Crippen LogP contribution >= 0.6 is 0 Å². The van der Waals surface area contributed by atoms with Crippen molar-refractivity contribution in [3.63, 3.8) is 0 Å². The first-order chi connectivity index (χ1) is 22.3. The number of hydrogen-bond donors (Lipinski definition) is 1. The van der Waals surface area contributed by atoms with Crippen molar-refractivity contribution in [3.8, 4) is 11.1 Å². The number of nitrogens with zero attached hydrogens (tertiary/aromatic N) is 3. The second-order valence-electron chi connectivity index (χ2n) is 12.1. The minimum Gasteiger partial charge on any atom is -0.465 e. The van der Waals surface area contributed by atoms with Gasteiger partial charge >= 0.3 is 23.7 Å². The van der Waals surface area contributed by atoms with Crippen LogP contribution in [0, 0.1) is 6.92 Å². The zero-order valence-corrected chi connectivity index (χ0v) is 27.2. The van der Waals surface area contributed by atoms with Crippen molar-refractivity contribution < 1.29 is 33.4 Å². The Morgan fingerprint density at radius 1 is 0.851 bits per heavy atom. The molecule has 0 unspecified atom stereocenters. The van der Waals surface area contributed by atoms with Gasteiger partial charge in [-0.2, -0.15) is 0 Å². The van der Waals surface area contributed by atoms with Crippen molar-refractivity contribution in [1.82, 2.24) is 19.4 Å². The number of benzene rings is 2. The molecular formula is C34H40N4O9. The summed E-state index contributed by atoms with van der Waals surface area (Å²) in [5.74, 6) is -2.43. The number of fused-ring (bicyclic) bond motifs is 3. The minimum atomic E-state index is -0.922. The van der Waals surface area contributed by atoms with Crippen LogP contribution < -0.4 is 11.2 Å². The van der Waals surface area contributed by atoms with E-state index < -0.39 is 60.4 Å². The molecule has 1 aliphatic rings. The minimum absolute atomic E-state index is 0.0487. The van der Waals surface area contributed by atoms with E-state index in [1.54, 1.807) is 27.7 Å². The normalized spacial score (nSPS) is 12.1. The molecule has 0 atom stereocenters. The van der Waals surface area contributed by atoms with Gasteiger partial charge in [0.2, 0.25) is 5.91 Å². The lowest BCUT2D eigenvalue weighted by molar-refractivity contribution is -0.156. The molecule has 3 aromatic rings. The van der Waals surface area contributed by atoms with Gasteiger partial charge < -0.3 is 19.1 Å². The topological polar surface area (TPSA) is 157 Å². The highest BCUT2D eigenvalue weighted by Gasteiger charge is 2.32. The molecule has 4 rings (SSSR count). The molecule has 250 valence electrons. The molecule has 1 heterocycles. The van der Waals surface area contributed by atoms with Crippen LogP contribution in [0.4, 0.5) is 4.79 Å². The van der Waals surface area contributed by atoms with E-state index in [9.17, 15) is 28.8 Å². The average Bonchev–Trinajstić information content (AvgIpc) is 3.32. The lowest BCUT2D eigenvalue weighted by Gasteiger charge is -2.28. The molecule has 13 nitrogen and oxygen atoms in total. The number of hydrogen-bond acceptors (Lipinski definition) is 9. The molecule has 13 heteroatoms. The molecule has 0 fully saturated rings. The lowest BCUT2D eigenvalue weighted by atomic mass is 9.98. The SMILES string of the molecule is CCOC(=O)CN(CCn1cc(C)c(=O)[nH]c1=O)C(=O)CN(CC(=O)OC(C)(C)C)C(=O)OCC1c2ccccc2-c2ccccc21. The summed E-state index contributed by atoms with van der Waals surface area (Å²) in [5.41, 5.74) is 2.26. The summed E-state index contributed by atoms with van der Waals surface area (Å²) in [4.78, 5) is 80.8. The zero-order chi connectivity index (χ0) is 34.3. The first-order valence-electron chi connectivity index (χ1n) is 15.3. The zero-order valence-electron chi connectivity index (χ0n) is 27.2. The Labute approximate surface area is 272 Å². The molecule has 47 heavy (non-hydrogen) atoms. The highest BCUT2D eigenvalue weighted by molar-refractivity contribution is 5.87. The second kappa shape index (κ2) is 14.9. The predicted molar refractivity (Wildman–Crippen MR) is 172 cm³/mol. The summed E-state index contributed by atoms with van der Waals surface area (Å²) in [7, 11) is 0. The molecule has 2 amide bonds. The molecule has 1 aliphatic carbocycles. The van der Waals surface area contributed by atoms with Crippen LogP contribution in [0.2, 0.25) is 0 Å². The van der Waals surface area contributed by atoms with Crippen LogP contribution in [0.3, 0.4) is 0 Å². The van der Waals surface area contributed by atoms with Crippen LogP contribution in [0.5, 0.6) is 0 Å². The Morgan fingerprint density at radius 3 is 2.04 bits per heavy atom. The Bertz CT molecular complexity index is 1710. The Kier molecular flexibility index (Phi) is 11.0. The number of H-pyrrole nitrogens is 1. The Balaban J connectivity index is 1.54. The van der Waals surface area contributed by atoms with Crippen molar-refractivity contribution in [2.24, 2.45) is 0 Å². The van der Waals surface area contributed by atoms with Crippen molar-refractivity contribution in [2.75, 3.05) is 39.4 Å². The van der Waals surface area contributed by atoms with E-state index in [0.29, 0.717) is 0 Å². The van der Waals surface area contributed by atoms with E-state index in [-0.39, 0.29) is 37.8 Å². The number of esters is 2. The van der Waals surface area contributed by atoms with E-state index in [1.165, 1.54) is 17.7 Å². The number of ether oxygens (including phenoxy) is 3. The molecule has 0 saturated heterocycles. The maximum Gasteiger partial charge on any atom is 0.410 e. The van der Waals surface area contributed by atoms with Crippen LogP contribution in [-0.4, -0.2) is 88.3 Å². The summed E-state index contributed by atoms with van der Waals surface area (Å²) >= 11 is 0. The fourth-order valence-electron chi connectivity index (χ4n) is 5.33. The third-order valence-corrected chi connectivity index (χ3v) is 7.44. The van der Waals surface area contributed by atoms with Gasteiger partial charge in [-0.3, -0.25) is 33.6 Å². The van der Waals surface area contributed by atoms with Crippen LogP contribution in [-0.2, 0) is 35.1 Å². The van der Waals surface area contributed by atoms with Gasteiger partial charge in [-0.25, -0.2) is 9.59 Å². The van der Waals surface area contributed by atoms with Gasteiger partial charge in [0.15, 0.2) is 0 Å². The van der Waals surface area contributed by atoms with E-state index in [1.807, 2.05) is 48.5 Å². The number of rotatable bonds is 12. The monoisotopic (exact) mass is 648 g/mol. The number of carbonyl (C=O) groups is 4. The predicted octanol–water partition coefficient (Wildman–Crippen LogP) is 2.83. The number of nitrogens with one attached hydrogen (secondary N) is 1. The van der Waals surface area contributed by atoms with Crippen molar-refractivity contribution in [2.45, 2.75) is 52.7 Å². The van der Waals surface area contributed by atoms with E-state index in [4.69, 9.17) is 14.2 Å². The van der Waals surface area contributed by atoms with Gasteiger partial charge in [0, 0.05) is 30.8 Å². The fourth-order valence-corrected chi connectivity index (χ4v) is 5.33. The van der Waals surface area contributed by atoms with E-state index in [0.717, 1.165) is 32.1 Å². The fraction of sp³-hybridized carbons (Fsp3) is 0.412. The molecule has 0 spiro atoms. The lowest BCUT2D eigenvalue weighted by Crippen LogP contribution is -2.48. The third-order valence-electron chi connectivity index (χ3n) is 7.44. The second-order valence-corrected chi connectivity index (χ2v) is 12.1. The van der Waals surface area contributed by atoms with E-state index in [2.05, 4.69) is 4.98 Å². The number of carbonyl (C=O) groups excluding carboxylic acids is 4. The summed E-state index contributed by atoms with van der Waals surface area (Å²) in [5, 5.41) is 0. The molecule has 0 radical (unpaired) electrons. The van der Waals surface area contributed by atoms with Crippen molar-refractivity contribution >= 4 is 23.9 Å². The summed E-state index contributed by atoms with van der Waals surface area (Å²) in [6.45, 7) is 6.28. The quantitative estimate of drug-likeness (QED) is 0.230.